The molecule has 21 heavy (non-hydrogen) atoms. The van der Waals surface area contributed by atoms with Gasteiger partial charge in [0.25, 0.3) is 10.2 Å². The lowest BCUT2D eigenvalue weighted by molar-refractivity contribution is 0.261. The first kappa shape index (κ1) is 16.4. The van der Waals surface area contributed by atoms with Crippen molar-refractivity contribution >= 4 is 10.2 Å². The van der Waals surface area contributed by atoms with E-state index in [1.165, 1.54) is 0 Å². The third kappa shape index (κ3) is 4.47. The monoisotopic (exact) mass is 312 g/mol. The molecule has 0 radical (unpaired) electrons. The van der Waals surface area contributed by atoms with Crippen molar-refractivity contribution in [2.24, 2.45) is 5.92 Å². The highest BCUT2D eigenvalue weighted by molar-refractivity contribution is 7.87. The van der Waals surface area contributed by atoms with Crippen LogP contribution < -0.4 is 10.0 Å². The van der Waals surface area contributed by atoms with E-state index in [0.29, 0.717) is 25.6 Å². The van der Waals surface area contributed by atoms with Crippen LogP contribution in [0.5, 0.6) is 0 Å². The summed E-state index contributed by atoms with van der Waals surface area (Å²) in [5, 5.41) is 3.13. The van der Waals surface area contributed by atoms with Gasteiger partial charge in [0.15, 0.2) is 0 Å². The second-order valence-electron chi connectivity index (χ2n) is 5.55. The Labute approximate surface area is 127 Å². The lowest BCUT2D eigenvalue weighted by Gasteiger charge is -2.31. The van der Waals surface area contributed by atoms with Gasteiger partial charge in [-0.25, -0.2) is 0 Å². The molecule has 1 aromatic heterocycles. The van der Waals surface area contributed by atoms with Crippen LogP contribution in [0.15, 0.2) is 18.5 Å². The quantitative estimate of drug-likeness (QED) is 0.809. The largest absolute Gasteiger partial charge is 0.319 e. The Morgan fingerprint density at radius 2 is 2.29 bits per heavy atom. The highest BCUT2D eigenvalue weighted by Gasteiger charge is 2.28. The molecule has 1 aliphatic rings. The van der Waals surface area contributed by atoms with Crippen molar-refractivity contribution < 1.29 is 8.42 Å². The van der Waals surface area contributed by atoms with Crippen molar-refractivity contribution in [2.75, 3.05) is 26.7 Å². The molecule has 0 saturated carbocycles. The van der Waals surface area contributed by atoms with Crippen molar-refractivity contribution in [2.45, 2.75) is 26.3 Å². The SMILES string of the molecule is CNCC1CCCN(S(=O)(=O)NCc2ccncc2C)C1. The van der Waals surface area contributed by atoms with Crippen molar-refractivity contribution in [1.29, 1.82) is 0 Å². The summed E-state index contributed by atoms with van der Waals surface area (Å²) in [4.78, 5) is 4.02. The van der Waals surface area contributed by atoms with E-state index < -0.39 is 10.2 Å². The fourth-order valence-electron chi connectivity index (χ4n) is 2.66. The van der Waals surface area contributed by atoms with Gasteiger partial charge in [-0.3, -0.25) is 4.98 Å². The number of hydrogen-bond acceptors (Lipinski definition) is 4. The second-order valence-corrected chi connectivity index (χ2v) is 7.31. The minimum atomic E-state index is -3.41. The van der Waals surface area contributed by atoms with Gasteiger partial charge < -0.3 is 5.32 Å². The predicted octanol–water partition coefficient (Wildman–Crippen LogP) is 0.656. The Bertz CT molecular complexity index is 560. The van der Waals surface area contributed by atoms with Crippen LogP contribution in [-0.2, 0) is 16.8 Å². The maximum atomic E-state index is 12.4. The van der Waals surface area contributed by atoms with Crippen LogP contribution in [0.4, 0.5) is 0 Å². The van der Waals surface area contributed by atoms with Crippen LogP contribution >= 0.6 is 0 Å². The molecule has 118 valence electrons. The van der Waals surface area contributed by atoms with Crippen LogP contribution in [0.2, 0.25) is 0 Å². The van der Waals surface area contributed by atoms with Gasteiger partial charge >= 0.3 is 0 Å². The van der Waals surface area contributed by atoms with Gasteiger partial charge in [-0.2, -0.15) is 17.4 Å². The average molecular weight is 312 g/mol. The molecular formula is C14H24N4O2S. The normalized spacial score (nSPS) is 20.6. The molecular weight excluding hydrogens is 288 g/mol. The van der Waals surface area contributed by atoms with E-state index >= 15 is 0 Å². The molecule has 1 aromatic rings. The molecule has 1 atom stereocenters. The van der Waals surface area contributed by atoms with E-state index in [4.69, 9.17) is 0 Å². The first-order valence-electron chi connectivity index (χ1n) is 7.31. The average Bonchev–Trinajstić information content (AvgIpc) is 2.47. The molecule has 0 spiro atoms. The Balaban J connectivity index is 1.96. The zero-order valence-electron chi connectivity index (χ0n) is 12.7. The lowest BCUT2D eigenvalue weighted by Crippen LogP contribution is -2.47. The highest BCUT2D eigenvalue weighted by atomic mass is 32.2. The number of pyridine rings is 1. The minimum Gasteiger partial charge on any atom is -0.319 e. The van der Waals surface area contributed by atoms with Crippen LogP contribution in [0.25, 0.3) is 0 Å². The lowest BCUT2D eigenvalue weighted by atomic mass is 10.00. The van der Waals surface area contributed by atoms with Crippen molar-refractivity contribution in [3.05, 3.63) is 29.6 Å². The van der Waals surface area contributed by atoms with Crippen LogP contribution in [0.1, 0.15) is 24.0 Å². The number of nitrogens with zero attached hydrogens (tertiary/aromatic N) is 2. The molecule has 0 aromatic carbocycles. The van der Waals surface area contributed by atoms with Gasteiger partial charge in [0.2, 0.25) is 0 Å². The summed E-state index contributed by atoms with van der Waals surface area (Å²) < 4.78 is 29.1. The number of nitrogens with one attached hydrogen (secondary N) is 2. The fraction of sp³-hybridized carbons (Fsp3) is 0.643. The highest BCUT2D eigenvalue weighted by Crippen LogP contribution is 2.18. The van der Waals surface area contributed by atoms with Gasteiger partial charge in [-0.05, 0) is 56.5 Å². The van der Waals surface area contributed by atoms with E-state index in [1.54, 1.807) is 16.7 Å². The second kappa shape index (κ2) is 7.31. The molecule has 6 nitrogen and oxygen atoms in total. The number of aryl methyl sites for hydroxylation is 1. The van der Waals surface area contributed by atoms with Crippen LogP contribution in [0, 0.1) is 12.8 Å². The number of aromatic nitrogens is 1. The molecule has 0 amide bonds. The Kier molecular flexibility index (Phi) is 5.69. The number of rotatable bonds is 6. The smallest absolute Gasteiger partial charge is 0.279 e. The molecule has 1 aliphatic heterocycles. The maximum absolute atomic E-state index is 12.4. The molecule has 2 rings (SSSR count). The standard InChI is InChI=1S/C14H24N4O2S/c1-12-8-16-6-5-14(12)10-17-21(19,20)18-7-3-4-13(11-18)9-15-2/h5-6,8,13,15,17H,3-4,7,9-11H2,1-2H3. The van der Waals surface area contributed by atoms with Gasteiger partial charge in [-0.15, -0.1) is 0 Å². The first-order chi connectivity index (χ1) is 10.0. The first-order valence-corrected chi connectivity index (χ1v) is 8.76. The maximum Gasteiger partial charge on any atom is 0.279 e. The fourth-order valence-corrected chi connectivity index (χ4v) is 3.96. The molecule has 0 bridgehead atoms. The van der Waals surface area contributed by atoms with E-state index in [0.717, 1.165) is 30.5 Å². The minimum absolute atomic E-state index is 0.309. The summed E-state index contributed by atoms with van der Waals surface area (Å²) >= 11 is 0. The van der Waals surface area contributed by atoms with E-state index in [2.05, 4.69) is 15.0 Å². The Hall–Kier alpha value is -1.02. The Morgan fingerprint density at radius 1 is 1.48 bits per heavy atom. The number of hydrogen-bond donors (Lipinski definition) is 2. The van der Waals surface area contributed by atoms with E-state index in [1.807, 2.05) is 20.0 Å². The summed E-state index contributed by atoms with van der Waals surface area (Å²) in [5.41, 5.74) is 1.95. The molecule has 1 fully saturated rings. The number of piperidine rings is 1. The summed E-state index contributed by atoms with van der Waals surface area (Å²) in [7, 11) is -1.51. The molecule has 2 heterocycles. The van der Waals surface area contributed by atoms with Crippen molar-refractivity contribution in [1.82, 2.24) is 19.3 Å². The topological polar surface area (TPSA) is 74.3 Å². The van der Waals surface area contributed by atoms with E-state index in [9.17, 15) is 8.42 Å². The third-order valence-electron chi connectivity index (χ3n) is 3.90. The van der Waals surface area contributed by atoms with Crippen molar-refractivity contribution in [3.63, 3.8) is 0 Å². The van der Waals surface area contributed by atoms with Gasteiger partial charge in [0, 0.05) is 32.0 Å². The van der Waals surface area contributed by atoms with Gasteiger partial charge in [0.1, 0.15) is 0 Å². The molecule has 1 unspecified atom stereocenters. The van der Waals surface area contributed by atoms with Crippen LogP contribution in [-0.4, -0.2) is 44.4 Å². The summed E-state index contributed by atoms with van der Waals surface area (Å²) in [6, 6.07) is 1.85. The summed E-state index contributed by atoms with van der Waals surface area (Å²) in [6.45, 7) is 4.29. The zero-order chi connectivity index (χ0) is 15.3. The summed E-state index contributed by atoms with van der Waals surface area (Å²) in [5.74, 6) is 0.392. The molecule has 0 aliphatic carbocycles. The molecule has 1 saturated heterocycles. The molecule has 7 heteroatoms. The third-order valence-corrected chi connectivity index (χ3v) is 5.42. The van der Waals surface area contributed by atoms with Crippen molar-refractivity contribution in [3.8, 4) is 0 Å². The zero-order valence-corrected chi connectivity index (χ0v) is 13.5. The van der Waals surface area contributed by atoms with Gasteiger partial charge in [0.05, 0.1) is 0 Å². The van der Waals surface area contributed by atoms with E-state index in [-0.39, 0.29) is 0 Å². The predicted molar refractivity (Wildman–Crippen MR) is 83.0 cm³/mol. The summed E-state index contributed by atoms with van der Waals surface area (Å²) in [6.07, 6.45) is 5.42. The van der Waals surface area contributed by atoms with Crippen LogP contribution in [0.3, 0.4) is 0 Å². The molecule has 2 N–H and O–H groups in total. The Morgan fingerprint density at radius 3 is 3.00 bits per heavy atom. The van der Waals surface area contributed by atoms with Gasteiger partial charge in [-0.1, -0.05) is 0 Å².